The number of non-ortho nitro benzene ring substituents is 1. The Labute approximate surface area is 170 Å². The van der Waals surface area contributed by atoms with Crippen molar-refractivity contribution in [3.63, 3.8) is 0 Å². The third kappa shape index (κ3) is 5.29. The van der Waals surface area contributed by atoms with E-state index >= 15 is 0 Å². The quantitative estimate of drug-likeness (QED) is 0.286. The maximum atomic E-state index is 12.8. The van der Waals surface area contributed by atoms with E-state index in [1.165, 1.54) is 17.7 Å². The largest absolute Gasteiger partial charge is 0.378 e. The smallest absolute Gasteiger partial charge is 0.271 e. The molecule has 3 rings (SSSR count). The fourth-order valence-electron chi connectivity index (χ4n) is 3.20. The van der Waals surface area contributed by atoms with Crippen molar-refractivity contribution in [3.8, 4) is 0 Å². The maximum absolute atomic E-state index is 12.8. The van der Waals surface area contributed by atoms with Crippen LogP contribution in [-0.2, 0) is 0 Å². The summed E-state index contributed by atoms with van der Waals surface area (Å²) < 4.78 is 0. The van der Waals surface area contributed by atoms with E-state index in [0.29, 0.717) is 17.2 Å². The lowest BCUT2D eigenvalue weighted by Gasteiger charge is -2.21. The highest BCUT2D eigenvalue weighted by Crippen LogP contribution is 2.28. The Morgan fingerprint density at radius 3 is 2.21 bits per heavy atom. The number of hydrogen-bond acceptors (Lipinski definition) is 4. The van der Waals surface area contributed by atoms with Crippen LogP contribution >= 0.6 is 0 Å². The van der Waals surface area contributed by atoms with Crippen LogP contribution in [0.5, 0.6) is 0 Å². The molecule has 0 aliphatic heterocycles. The molecule has 3 aromatic rings. The zero-order valence-corrected chi connectivity index (χ0v) is 16.5. The number of nitro groups is 1. The molecule has 0 aliphatic rings. The van der Waals surface area contributed by atoms with Crippen LogP contribution in [0.4, 0.5) is 11.4 Å². The number of carbonyl (C=O) groups is 1. The predicted molar refractivity (Wildman–Crippen MR) is 115 cm³/mol. The molecule has 1 N–H and O–H groups in total. The monoisotopic (exact) mass is 388 g/mol. The Bertz CT molecular complexity index is 983. The molecule has 5 heteroatoms. The van der Waals surface area contributed by atoms with Crippen molar-refractivity contribution in [2.75, 3.05) is 5.32 Å². The Hall–Kier alpha value is -3.47. The van der Waals surface area contributed by atoms with Gasteiger partial charge in [-0.25, -0.2) is 0 Å². The zero-order valence-electron chi connectivity index (χ0n) is 16.5. The topological polar surface area (TPSA) is 72.2 Å². The summed E-state index contributed by atoms with van der Waals surface area (Å²) in [7, 11) is 0. The van der Waals surface area contributed by atoms with Gasteiger partial charge in [0.25, 0.3) is 5.69 Å². The predicted octanol–water partition coefficient (Wildman–Crippen LogP) is 6.14. The summed E-state index contributed by atoms with van der Waals surface area (Å²) in [6, 6.07) is 23.4. The Kier molecular flexibility index (Phi) is 6.39. The molecular formula is C24H24N2O3. The third-order valence-corrected chi connectivity index (χ3v) is 4.89. The van der Waals surface area contributed by atoms with E-state index in [9.17, 15) is 14.9 Å². The normalized spacial score (nSPS) is 11.8. The van der Waals surface area contributed by atoms with Crippen molar-refractivity contribution in [1.29, 1.82) is 0 Å². The second kappa shape index (κ2) is 9.15. The van der Waals surface area contributed by atoms with E-state index in [2.05, 4.69) is 31.3 Å². The Morgan fingerprint density at radius 1 is 0.931 bits per heavy atom. The van der Waals surface area contributed by atoms with Crippen LogP contribution in [-0.4, -0.2) is 10.7 Å². The Balaban J connectivity index is 1.89. The standard InChI is InChI=1S/C24H24N2O3/c1-17(2)18-11-13-19(14-12-18)23(16-24(27)20-7-4-3-5-8-20)25-21-9-6-10-22(15-21)26(28)29/h3-15,17,23,25H,16H2,1-2H3. The number of nitrogens with one attached hydrogen (secondary N) is 1. The molecule has 3 aromatic carbocycles. The van der Waals surface area contributed by atoms with Gasteiger partial charge in [0.05, 0.1) is 11.0 Å². The SMILES string of the molecule is CC(C)c1ccc(C(CC(=O)c2ccccc2)Nc2cccc([N+](=O)[O-])c2)cc1. The molecule has 5 nitrogen and oxygen atoms in total. The molecule has 0 amide bonds. The highest BCUT2D eigenvalue weighted by atomic mass is 16.6. The van der Waals surface area contributed by atoms with E-state index in [1.807, 2.05) is 30.3 Å². The molecule has 1 atom stereocenters. The van der Waals surface area contributed by atoms with Crippen LogP contribution < -0.4 is 5.32 Å². The van der Waals surface area contributed by atoms with Gasteiger partial charge in [0, 0.05) is 29.8 Å². The van der Waals surface area contributed by atoms with Crippen LogP contribution in [0.1, 0.15) is 53.7 Å². The van der Waals surface area contributed by atoms with Gasteiger partial charge < -0.3 is 5.32 Å². The van der Waals surface area contributed by atoms with E-state index in [0.717, 1.165) is 5.56 Å². The van der Waals surface area contributed by atoms with Gasteiger partial charge in [-0.05, 0) is 23.1 Å². The van der Waals surface area contributed by atoms with E-state index in [-0.39, 0.29) is 23.9 Å². The molecule has 0 radical (unpaired) electrons. The first-order valence-corrected chi connectivity index (χ1v) is 9.63. The highest BCUT2D eigenvalue weighted by Gasteiger charge is 2.18. The van der Waals surface area contributed by atoms with Crippen molar-refractivity contribution in [2.45, 2.75) is 32.2 Å². The molecule has 0 saturated heterocycles. The number of hydrogen-bond donors (Lipinski definition) is 1. The molecule has 1 unspecified atom stereocenters. The lowest BCUT2D eigenvalue weighted by molar-refractivity contribution is -0.384. The van der Waals surface area contributed by atoms with Crippen LogP contribution in [0, 0.1) is 10.1 Å². The van der Waals surface area contributed by atoms with Gasteiger partial charge in [-0.3, -0.25) is 14.9 Å². The summed E-state index contributed by atoms with van der Waals surface area (Å²) in [5.74, 6) is 0.430. The average Bonchev–Trinajstić information content (AvgIpc) is 2.74. The lowest BCUT2D eigenvalue weighted by atomic mass is 9.95. The highest BCUT2D eigenvalue weighted by molar-refractivity contribution is 5.96. The summed E-state index contributed by atoms with van der Waals surface area (Å²) in [6.07, 6.45) is 0.244. The van der Waals surface area contributed by atoms with Gasteiger partial charge in [0.1, 0.15) is 0 Å². The molecule has 148 valence electrons. The van der Waals surface area contributed by atoms with E-state index < -0.39 is 4.92 Å². The van der Waals surface area contributed by atoms with Crippen molar-refractivity contribution in [3.05, 3.63) is 106 Å². The second-order valence-electron chi connectivity index (χ2n) is 7.32. The van der Waals surface area contributed by atoms with Gasteiger partial charge in [-0.2, -0.15) is 0 Å². The summed E-state index contributed by atoms with van der Waals surface area (Å²) in [4.78, 5) is 23.5. The number of carbonyl (C=O) groups excluding carboxylic acids is 1. The number of nitrogens with zero attached hydrogens (tertiary/aromatic N) is 1. The summed E-state index contributed by atoms with van der Waals surface area (Å²) >= 11 is 0. The van der Waals surface area contributed by atoms with Gasteiger partial charge in [0.15, 0.2) is 5.78 Å². The summed E-state index contributed by atoms with van der Waals surface area (Å²) in [6.45, 7) is 4.26. The second-order valence-corrected chi connectivity index (χ2v) is 7.32. The summed E-state index contributed by atoms with van der Waals surface area (Å²) in [5, 5.41) is 14.4. The number of benzene rings is 3. The first-order chi connectivity index (χ1) is 13.9. The fraction of sp³-hybridized carbons (Fsp3) is 0.208. The van der Waals surface area contributed by atoms with Gasteiger partial charge in [-0.1, -0.05) is 74.5 Å². The first kappa shape index (κ1) is 20.3. The Morgan fingerprint density at radius 2 is 1.59 bits per heavy atom. The van der Waals surface area contributed by atoms with Crippen molar-refractivity contribution >= 4 is 17.2 Å². The van der Waals surface area contributed by atoms with Gasteiger partial charge in [-0.15, -0.1) is 0 Å². The minimum absolute atomic E-state index is 0.0123. The third-order valence-electron chi connectivity index (χ3n) is 4.89. The van der Waals surface area contributed by atoms with E-state index in [1.54, 1.807) is 24.3 Å². The van der Waals surface area contributed by atoms with Crippen LogP contribution in [0.25, 0.3) is 0 Å². The van der Waals surface area contributed by atoms with Crippen LogP contribution in [0.2, 0.25) is 0 Å². The molecule has 0 aromatic heterocycles. The first-order valence-electron chi connectivity index (χ1n) is 9.63. The molecular weight excluding hydrogens is 364 g/mol. The molecule has 0 aliphatic carbocycles. The fourth-order valence-corrected chi connectivity index (χ4v) is 3.20. The van der Waals surface area contributed by atoms with Gasteiger partial charge in [0.2, 0.25) is 0 Å². The number of Topliss-reactive ketones (excluding diaryl/α,β-unsaturated/α-hetero) is 1. The van der Waals surface area contributed by atoms with Gasteiger partial charge >= 0.3 is 0 Å². The molecule has 0 fully saturated rings. The zero-order chi connectivity index (χ0) is 20.8. The van der Waals surface area contributed by atoms with Crippen molar-refractivity contribution in [2.24, 2.45) is 0 Å². The number of rotatable bonds is 8. The molecule has 0 spiro atoms. The van der Waals surface area contributed by atoms with Crippen molar-refractivity contribution in [1.82, 2.24) is 0 Å². The minimum atomic E-state index is -0.424. The molecule has 0 saturated carbocycles. The minimum Gasteiger partial charge on any atom is -0.378 e. The van der Waals surface area contributed by atoms with Crippen LogP contribution in [0.15, 0.2) is 78.9 Å². The average molecular weight is 388 g/mol. The van der Waals surface area contributed by atoms with Crippen molar-refractivity contribution < 1.29 is 9.72 Å². The molecule has 0 heterocycles. The molecule has 29 heavy (non-hydrogen) atoms. The maximum Gasteiger partial charge on any atom is 0.271 e. The molecule has 0 bridgehead atoms. The van der Waals surface area contributed by atoms with Crippen LogP contribution in [0.3, 0.4) is 0 Å². The number of anilines is 1. The van der Waals surface area contributed by atoms with E-state index in [4.69, 9.17) is 0 Å². The number of ketones is 1. The summed E-state index contributed by atoms with van der Waals surface area (Å²) in [5.41, 5.74) is 3.45. The number of nitro benzene ring substituents is 1. The lowest BCUT2D eigenvalue weighted by Crippen LogP contribution is -2.16.